The van der Waals surface area contributed by atoms with E-state index in [0.717, 1.165) is 20.4 Å². The van der Waals surface area contributed by atoms with E-state index in [1.807, 2.05) is 30.0 Å². The van der Waals surface area contributed by atoms with Gasteiger partial charge in [0.05, 0.1) is 5.02 Å². The van der Waals surface area contributed by atoms with Gasteiger partial charge in [0.25, 0.3) is 0 Å². The second-order valence-electron chi connectivity index (χ2n) is 3.85. The van der Waals surface area contributed by atoms with Crippen LogP contribution < -0.4 is 5.32 Å². The van der Waals surface area contributed by atoms with E-state index in [1.165, 1.54) is 12.2 Å². The van der Waals surface area contributed by atoms with Gasteiger partial charge >= 0.3 is 0 Å². The molecule has 2 atom stereocenters. The van der Waals surface area contributed by atoms with E-state index in [1.54, 1.807) is 0 Å². The van der Waals surface area contributed by atoms with E-state index in [4.69, 9.17) is 11.6 Å². The van der Waals surface area contributed by atoms with Crippen molar-refractivity contribution < 1.29 is 0 Å². The van der Waals surface area contributed by atoms with Crippen LogP contribution in [0.4, 0.5) is 5.69 Å². The van der Waals surface area contributed by atoms with Gasteiger partial charge < -0.3 is 5.32 Å². The molecule has 0 saturated carbocycles. The van der Waals surface area contributed by atoms with E-state index in [2.05, 4.69) is 28.2 Å². The van der Waals surface area contributed by atoms with Crippen LogP contribution in [0.1, 0.15) is 13.3 Å². The minimum absolute atomic E-state index is 0.595. The molecule has 1 heterocycles. The molecule has 0 amide bonds. The molecule has 1 saturated heterocycles. The molecule has 1 aliphatic heterocycles. The van der Waals surface area contributed by atoms with Crippen LogP contribution in [0, 0.1) is 0 Å². The Morgan fingerprint density at radius 3 is 2.93 bits per heavy atom. The summed E-state index contributed by atoms with van der Waals surface area (Å²) < 4.78 is 0.952. The Bertz CT molecular complexity index is 358. The first-order chi connectivity index (χ1) is 7.15. The zero-order valence-electron chi connectivity index (χ0n) is 8.47. The van der Waals surface area contributed by atoms with Gasteiger partial charge in [-0.25, -0.2) is 0 Å². The molecule has 0 aliphatic carbocycles. The molecule has 1 aromatic rings. The molecule has 0 aromatic heterocycles. The molecular weight excluding hydrogens is 294 g/mol. The molecule has 2 rings (SSSR count). The minimum atomic E-state index is 0.595. The summed E-state index contributed by atoms with van der Waals surface area (Å²) in [5, 5.41) is 5.06. The summed E-state index contributed by atoms with van der Waals surface area (Å²) in [5.41, 5.74) is 1.14. The molecule has 1 aromatic carbocycles. The van der Waals surface area contributed by atoms with Gasteiger partial charge in [0.2, 0.25) is 0 Å². The highest BCUT2D eigenvalue weighted by molar-refractivity contribution is 9.10. The summed E-state index contributed by atoms with van der Waals surface area (Å²) in [6, 6.07) is 6.58. The fourth-order valence-corrected chi connectivity index (χ4v) is 3.38. The third kappa shape index (κ3) is 3.05. The van der Waals surface area contributed by atoms with Crippen molar-refractivity contribution >= 4 is 45.0 Å². The van der Waals surface area contributed by atoms with Crippen molar-refractivity contribution in [2.75, 3.05) is 11.1 Å². The number of hydrogen-bond acceptors (Lipinski definition) is 2. The van der Waals surface area contributed by atoms with Crippen molar-refractivity contribution in [1.29, 1.82) is 0 Å². The summed E-state index contributed by atoms with van der Waals surface area (Å²) in [5.74, 6) is 1.20. The number of anilines is 1. The maximum absolute atomic E-state index is 5.94. The molecule has 0 spiro atoms. The highest BCUT2D eigenvalue weighted by Crippen LogP contribution is 2.30. The van der Waals surface area contributed by atoms with Gasteiger partial charge in [0, 0.05) is 27.2 Å². The van der Waals surface area contributed by atoms with Crippen molar-refractivity contribution in [3.63, 3.8) is 0 Å². The quantitative estimate of drug-likeness (QED) is 0.868. The predicted molar refractivity (Wildman–Crippen MR) is 73.1 cm³/mol. The van der Waals surface area contributed by atoms with Crippen LogP contribution in [0.5, 0.6) is 0 Å². The third-order valence-electron chi connectivity index (χ3n) is 2.49. The molecule has 1 N–H and O–H groups in total. The highest BCUT2D eigenvalue weighted by atomic mass is 79.9. The highest BCUT2D eigenvalue weighted by Gasteiger charge is 2.21. The monoisotopic (exact) mass is 305 g/mol. The molecule has 4 heteroatoms. The largest absolute Gasteiger partial charge is 0.381 e. The van der Waals surface area contributed by atoms with Gasteiger partial charge in [0.1, 0.15) is 0 Å². The standard InChI is InChI=1S/C11H13BrClNS/c1-7-4-9(6-15-7)14-8-2-3-11(13)10(12)5-8/h2-3,5,7,9,14H,4,6H2,1H3. The second-order valence-corrected chi connectivity index (χ2v) is 6.58. The van der Waals surface area contributed by atoms with Gasteiger partial charge in [0.15, 0.2) is 0 Å². The number of hydrogen-bond donors (Lipinski definition) is 1. The number of thioether (sulfide) groups is 1. The maximum Gasteiger partial charge on any atom is 0.0549 e. The summed E-state index contributed by atoms with van der Waals surface area (Å²) in [4.78, 5) is 0. The number of nitrogens with one attached hydrogen (secondary N) is 1. The van der Waals surface area contributed by atoms with Crippen LogP contribution in [-0.4, -0.2) is 17.0 Å². The Kier molecular flexibility index (Phi) is 3.86. The van der Waals surface area contributed by atoms with Crippen LogP contribution in [0.2, 0.25) is 5.02 Å². The number of rotatable bonds is 2. The SMILES string of the molecule is CC1CC(Nc2ccc(Cl)c(Br)c2)CS1. The normalized spacial score (nSPS) is 25.5. The van der Waals surface area contributed by atoms with Crippen molar-refractivity contribution in [2.45, 2.75) is 24.6 Å². The molecule has 0 radical (unpaired) electrons. The molecule has 1 fully saturated rings. The molecule has 15 heavy (non-hydrogen) atoms. The third-order valence-corrected chi connectivity index (χ3v) is 5.06. The molecule has 0 bridgehead atoms. The Morgan fingerprint density at radius 2 is 2.33 bits per heavy atom. The number of halogens is 2. The molecule has 82 valence electrons. The van der Waals surface area contributed by atoms with Crippen molar-refractivity contribution in [3.8, 4) is 0 Å². The summed E-state index contributed by atoms with van der Waals surface area (Å²) in [6.45, 7) is 2.28. The van der Waals surface area contributed by atoms with Gasteiger partial charge in [-0.3, -0.25) is 0 Å². The average Bonchev–Trinajstić information content (AvgIpc) is 2.58. The lowest BCUT2D eigenvalue weighted by molar-refractivity contribution is 0.747. The van der Waals surface area contributed by atoms with E-state index >= 15 is 0 Å². The topological polar surface area (TPSA) is 12.0 Å². The maximum atomic E-state index is 5.94. The van der Waals surface area contributed by atoms with Crippen LogP contribution in [0.15, 0.2) is 22.7 Å². The lowest BCUT2D eigenvalue weighted by Crippen LogP contribution is -2.18. The lowest BCUT2D eigenvalue weighted by atomic mass is 10.2. The lowest BCUT2D eigenvalue weighted by Gasteiger charge is -2.13. The fourth-order valence-electron chi connectivity index (χ4n) is 1.74. The molecule has 2 unspecified atom stereocenters. The second kappa shape index (κ2) is 4.98. The Labute approximate surface area is 108 Å². The summed E-state index contributed by atoms with van der Waals surface area (Å²) in [6.07, 6.45) is 1.24. The van der Waals surface area contributed by atoms with Crippen LogP contribution in [-0.2, 0) is 0 Å². The Morgan fingerprint density at radius 1 is 1.53 bits per heavy atom. The van der Waals surface area contributed by atoms with Crippen LogP contribution in [0.25, 0.3) is 0 Å². The summed E-state index contributed by atoms with van der Waals surface area (Å²) in [7, 11) is 0. The molecule has 1 aliphatic rings. The Hall–Kier alpha value is 0.140. The zero-order chi connectivity index (χ0) is 10.8. The van der Waals surface area contributed by atoms with Gasteiger partial charge in [-0.05, 0) is 40.5 Å². The van der Waals surface area contributed by atoms with Crippen LogP contribution >= 0.6 is 39.3 Å². The smallest absolute Gasteiger partial charge is 0.0549 e. The van der Waals surface area contributed by atoms with E-state index in [0.29, 0.717) is 6.04 Å². The van der Waals surface area contributed by atoms with Crippen molar-refractivity contribution in [3.05, 3.63) is 27.7 Å². The first-order valence-corrected chi connectivity index (χ1v) is 7.20. The molecule has 1 nitrogen and oxygen atoms in total. The van der Waals surface area contributed by atoms with E-state index in [9.17, 15) is 0 Å². The zero-order valence-corrected chi connectivity index (χ0v) is 11.6. The fraction of sp³-hybridized carbons (Fsp3) is 0.455. The first-order valence-electron chi connectivity index (χ1n) is 4.98. The Balaban J connectivity index is 2.02. The minimum Gasteiger partial charge on any atom is -0.381 e. The first kappa shape index (κ1) is 11.6. The average molecular weight is 307 g/mol. The van der Waals surface area contributed by atoms with Gasteiger partial charge in [-0.15, -0.1) is 0 Å². The van der Waals surface area contributed by atoms with Crippen molar-refractivity contribution in [2.24, 2.45) is 0 Å². The van der Waals surface area contributed by atoms with Gasteiger partial charge in [-0.1, -0.05) is 18.5 Å². The van der Waals surface area contributed by atoms with Crippen molar-refractivity contribution in [1.82, 2.24) is 0 Å². The predicted octanol–water partition coefficient (Wildman–Crippen LogP) is 4.41. The van der Waals surface area contributed by atoms with E-state index < -0.39 is 0 Å². The van der Waals surface area contributed by atoms with Gasteiger partial charge in [-0.2, -0.15) is 11.8 Å². The molecular formula is C11H13BrClNS. The van der Waals surface area contributed by atoms with E-state index in [-0.39, 0.29) is 0 Å². The summed E-state index contributed by atoms with van der Waals surface area (Å²) >= 11 is 11.4. The number of benzene rings is 1. The van der Waals surface area contributed by atoms with Crippen LogP contribution in [0.3, 0.4) is 0 Å².